The van der Waals surface area contributed by atoms with Crippen molar-refractivity contribution in [2.75, 3.05) is 32.7 Å². The molecule has 2 aliphatic rings. The number of amides is 3. The zero-order chi connectivity index (χ0) is 25.5. The van der Waals surface area contributed by atoms with Gasteiger partial charge in [-0.1, -0.05) is 0 Å². The topological polar surface area (TPSA) is 91.6 Å². The largest absolute Gasteiger partial charge is 0.335 e. The molecule has 2 saturated heterocycles. The Morgan fingerprint density at radius 3 is 2.41 bits per heavy atom. The number of carbonyl (C=O) groups is 3. The first-order chi connectivity index (χ1) is 18.0. The third-order valence-corrected chi connectivity index (χ3v) is 6.96. The van der Waals surface area contributed by atoms with Gasteiger partial charge in [-0.05, 0) is 54.6 Å². The fraction of sp³-hybridized carbons (Fsp3) is 0.222. The molecule has 10 heteroatoms. The van der Waals surface area contributed by atoms with Crippen molar-refractivity contribution in [3.63, 3.8) is 0 Å². The number of likely N-dealkylation sites (tertiary alicyclic amines) is 1. The minimum Gasteiger partial charge on any atom is -0.335 e. The van der Waals surface area contributed by atoms with E-state index in [2.05, 4.69) is 9.97 Å². The molecule has 0 aliphatic carbocycles. The maximum Gasteiger partial charge on any atom is 0.298 e. The first kappa shape index (κ1) is 23.0. The fourth-order valence-corrected chi connectivity index (χ4v) is 4.89. The fourth-order valence-electron chi connectivity index (χ4n) is 4.89. The van der Waals surface area contributed by atoms with E-state index in [9.17, 15) is 18.8 Å². The quantitative estimate of drug-likeness (QED) is 0.401. The monoisotopic (exact) mass is 498 g/mol. The number of halogens is 1. The standard InChI is InChI=1S/C27H23FN6O3/c28-20-3-5-21(6-4-20)33-11-8-18-14-19(2-7-23(18)33)26(36)32-15-22(16-32)31-12-13-34(24(35)17-31)27(37)25-29-9-1-10-30-25/h1-11,14,22H,12-13,15-17H2. The van der Waals surface area contributed by atoms with E-state index in [-0.39, 0.29) is 42.6 Å². The van der Waals surface area contributed by atoms with Crippen LogP contribution < -0.4 is 0 Å². The second kappa shape index (κ2) is 9.21. The van der Waals surface area contributed by atoms with Crippen LogP contribution in [0, 0.1) is 5.82 Å². The third-order valence-electron chi connectivity index (χ3n) is 6.96. The predicted molar refractivity (Wildman–Crippen MR) is 133 cm³/mol. The normalized spacial score (nSPS) is 16.7. The van der Waals surface area contributed by atoms with Gasteiger partial charge in [0.2, 0.25) is 11.7 Å². The van der Waals surface area contributed by atoms with Crippen LogP contribution in [-0.2, 0) is 4.79 Å². The molecule has 0 N–H and O–H groups in total. The lowest BCUT2D eigenvalue weighted by atomic mass is 10.0. The summed E-state index contributed by atoms with van der Waals surface area (Å²) in [7, 11) is 0. The molecule has 0 saturated carbocycles. The first-order valence-corrected chi connectivity index (χ1v) is 12.0. The maximum atomic E-state index is 13.3. The van der Waals surface area contributed by atoms with Gasteiger partial charge >= 0.3 is 0 Å². The van der Waals surface area contributed by atoms with Gasteiger partial charge in [-0.25, -0.2) is 14.4 Å². The summed E-state index contributed by atoms with van der Waals surface area (Å²) < 4.78 is 15.2. The molecule has 2 aliphatic heterocycles. The van der Waals surface area contributed by atoms with Crippen LogP contribution in [0.5, 0.6) is 0 Å². The van der Waals surface area contributed by atoms with Gasteiger partial charge in [0.1, 0.15) is 5.82 Å². The Morgan fingerprint density at radius 2 is 1.68 bits per heavy atom. The molecule has 9 nitrogen and oxygen atoms in total. The van der Waals surface area contributed by atoms with Gasteiger partial charge in [-0.15, -0.1) is 0 Å². The van der Waals surface area contributed by atoms with E-state index in [0.29, 0.717) is 25.2 Å². The van der Waals surface area contributed by atoms with E-state index in [0.717, 1.165) is 16.6 Å². The van der Waals surface area contributed by atoms with Gasteiger partial charge in [0, 0.05) is 67.4 Å². The zero-order valence-corrected chi connectivity index (χ0v) is 19.8. The number of fused-ring (bicyclic) bond motifs is 1. The summed E-state index contributed by atoms with van der Waals surface area (Å²) >= 11 is 0. The van der Waals surface area contributed by atoms with Crippen LogP contribution in [0.3, 0.4) is 0 Å². The second-order valence-electron chi connectivity index (χ2n) is 9.19. The molecule has 6 rings (SSSR count). The summed E-state index contributed by atoms with van der Waals surface area (Å²) in [4.78, 5) is 51.2. The zero-order valence-electron chi connectivity index (χ0n) is 19.8. The van der Waals surface area contributed by atoms with E-state index < -0.39 is 5.91 Å². The number of rotatable bonds is 4. The summed E-state index contributed by atoms with van der Waals surface area (Å²) in [5.74, 6) is -1.12. The number of imide groups is 1. The lowest BCUT2D eigenvalue weighted by Gasteiger charge is -2.47. The molecule has 0 bridgehead atoms. The van der Waals surface area contributed by atoms with Crippen molar-refractivity contribution in [1.82, 2.24) is 29.2 Å². The molecule has 2 fully saturated rings. The van der Waals surface area contributed by atoms with Gasteiger partial charge < -0.3 is 9.47 Å². The Kier molecular flexibility index (Phi) is 5.72. The van der Waals surface area contributed by atoms with Crippen LogP contribution in [0.2, 0.25) is 0 Å². The molecule has 0 spiro atoms. The average molecular weight is 499 g/mol. The van der Waals surface area contributed by atoms with Crippen LogP contribution >= 0.6 is 0 Å². The molecule has 3 amide bonds. The van der Waals surface area contributed by atoms with E-state index in [1.807, 2.05) is 33.9 Å². The number of hydrogen-bond donors (Lipinski definition) is 0. The van der Waals surface area contributed by atoms with Crippen LogP contribution in [0.25, 0.3) is 16.6 Å². The van der Waals surface area contributed by atoms with Gasteiger partial charge in [0.25, 0.3) is 11.8 Å². The van der Waals surface area contributed by atoms with Crippen LogP contribution in [0.4, 0.5) is 4.39 Å². The lowest BCUT2D eigenvalue weighted by Crippen LogP contribution is -2.65. The molecule has 186 valence electrons. The molecular formula is C27H23FN6O3. The van der Waals surface area contributed by atoms with E-state index >= 15 is 0 Å². The highest BCUT2D eigenvalue weighted by Crippen LogP contribution is 2.25. The van der Waals surface area contributed by atoms with E-state index in [1.165, 1.54) is 29.4 Å². The number of benzene rings is 2. The number of piperazine rings is 1. The predicted octanol–water partition coefficient (Wildman–Crippen LogP) is 2.37. The summed E-state index contributed by atoms with van der Waals surface area (Å²) in [6.07, 6.45) is 4.84. The SMILES string of the molecule is O=C(c1ccc2c(ccn2-c2ccc(F)cc2)c1)N1CC(N2CCN(C(=O)c3ncccn3)C(=O)C2)C1. The van der Waals surface area contributed by atoms with Crippen molar-refractivity contribution in [1.29, 1.82) is 0 Å². The van der Waals surface area contributed by atoms with Crippen molar-refractivity contribution in [2.45, 2.75) is 6.04 Å². The molecule has 0 radical (unpaired) electrons. The number of aromatic nitrogens is 3. The molecule has 2 aromatic carbocycles. The molecule has 37 heavy (non-hydrogen) atoms. The highest BCUT2D eigenvalue weighted by molar-refractivity contribution is 6.03. The Morgan fingerprint density at radius 1 is 0.919 bits per heavy atom. The molecule has 4 heterocycles. The summed E-state index contributed by atoms with van der Waals surface area (Å²) in [5, 5.41) is 0.918. The number of carbonyl (C=O) groups excluding carboxylic acids is 3. The van der Waals surface area contributed by atoms with Gasteiger partial charge in [0.15, 0.2) is 0 Å². The van der Waals surface area contributed by atoms with Crippen molar-refractivity contribution in [2.24, 2.45) is 0 Å². The van der Waals surface area contributed by atoms with Crippen LogP contribution in [0.15, 0.2) is 73.2 Å². The molecule has 4 aromatic rings. The maximum absolute atomic E-state index is 13.3. The summed E-state index contributed by atoms with van der Waals surface area (Å²) in [6.45, 7) is 1.98. The summed E-state index contributed by atoms with van der Waals surface area (Å²) in [5.41, 5.74) is 2.36. The Bertz CT molecular complexity index is 1500. The summed E-state index contributed by atoms with van der Waals surface area (Å²) in [6, 6.07) is 15.4. The van der Waals surface area contributed by atoms with E-state index in [1.54, 1.807) is 29.2 Å². The number of nitrogens with zero attached hydrogens (tertiary/aromatic N) is 6. The van der Waals surface area contributed by atoms with Gasteiger partial charge in [-0.3, -0.25) is 24.2 Å². The smallest absolute Gasteiger partial charge is 0.298 e. The first-order valence-electron chi connectivity index (χ1n) is 12.0. The highest BCUT2D eigenvalue weighted by atomic mass is 19.1. The molecular weight excluding hydrogens is 475 g/mol. The number of hydrogen-bond acceptors (Lipinski definition) is 6. The minimum absolute atomic E-state index is 0.00898. The molecule has 0 atom stereocenters. The molecule has 2 aromatic heterocycles. The highest BCUT2D eigenvalue weighted by Gasteiger charge is 2.40. The van der Waals surface area contributed by atoms with Gasteiger partial charge in [-0.2, -0.15) is 0 Å². The van der Waals surface area contributed by atoms with Crippen molar-refractivity contribution in [3.8, 4) is 5.69 Å². The van der Waals surface area contributed by atoms with Crippen molar-refractivity contribution in [3.05, 3.63) is 90.4 Å². The van der Waals surface area contributed by atoms with Crippen molar-refractivity contribution < 1.29 is 18.8 Å². The Labute approximate surface area is 211 Å². The second-order valence-corrected chi connectivity index (χ2v) is 9.19. The minimum atomic E-state index is -0.487. The van der Waals surface area contributed by atoms with Crippen molar-refractivity contribution >= 4 is 28.6 Å². The van der Waals surface area contributed by atoms with Crippen LogP contribution in [-0.4, -0.2) is 85.7 Å². The lowest BCUT2D eigenvalue weighted by molar-refractivity contribution is -0.135. The van der Waals surface area contributed by atoms with Gasteiger partial charge in [0.05, 0.1) is 12.1 Å². The van der Waals surface area contributed by atoms with E-state index in [4.69, 9.17) is 0 Å². The third kappa shape index (κ3) is 4.25. The van der Waals surface area contributed by atoms with Crippen LogP contribution in [0.1, 0.15) is 21.0 Å². The molecule has 0 unspecified atom stereocenters. The Hall–Kier alpha value is -4.44. The average Bonchev–Trinajstić information content (AvgIpc) is 3.32. The Balaban J connectivity index is 1.07.